The number of nitrogens with zero attached hydrogens (tertiary/aromatic N) is 1. The third kappa shape index (κ3) is 3.85. The van der Waals surface area contributed by atoms with E-state index in [4.69, 9.17) is 21.1 Å². The summed E-state index contributed by atoms with van der Waals surface area (Å²) in [5.74, 6) is 0.503. The highest BCUT2D eigenvalue weighted by Gasteiger charge is 2.16. The van der Waals surface area contributed by atoms with E-state index in [1.807, 2.05) is 13.0 Å². The molecule has 0 aliphatic carbocycles. The van der Waals surface area contributed by atoms with Crippen molar-refractivity contribution in [3.63, 3.8) is 0 Å². The van der Waals surface area contributed by atoms with Crippen LogP contribution in [-0.2, 0) is 9.53 Å². The maximum atomic E-state index is 12.1. The normalized spacial score (nSPS) is 15.9. The van der Waals surface area contributed by atoms with Gasteiger partial charge in [0.15, 0.2) is 0 Å². The van der Waals surface area contributed by atoms with E-state index in [0.29, 0.717) is 36.2 Å². The lowest BCUT2D eigenvalue weighted by Crippen LogP contribution is -2.41. The van der Waals surface area contributed by atoms with Gasteiger partial charge < -0.3 is 14.8 Å². The molecule has 1 heterocycles. The van der Waals surface area contributed by atoms with Crippen molar-refractivity contribution >= 4 is 23.2 Å². The molecule has 1 aromatic rings. The van der Waals surface area contributed by atoms with Crippen LogP contribution in [0.25, 0.3) is 0 Å². The van der Waals surface area contributed by atoms with Crippen LogP contribution in [0.2, 0.25) is 5.02 Å². The van der Waals surface area contributed by atoms with Crippen LogP contribution in [-0.4, -0.2) is 50.8 Å². The second kappa shape index (κ2) is 6.92. The van der Waals surface area contributed by atoms with Gasteiger partial charge in [-0.2, -0.15) is 0 Å². The minimum absolute atomic E-state index is 0.0630. The van der Waals surface area contributed by atoms with Crippen molar-refractivity contribution in [2.75, 3.05) is 45.3 Å². The first-order valence-electron chi connectivity index (χ1n) is 6.54. The quantitative estimate of drug-likeness (QED) is 0.923. The highest BCUT2D eigenvalue weighted by Crippen LogP contribution is 2.30. The summed E-state index contributed by atoms with van der Waals surface area (Å²) in [6.07, 6.45) is 0. The molecule has 1 aliphatic rings. The summed E-state index contributed by atoms with van der Waals surface area (Å²) >= 11 is 6.04. The molecule has 0 atom stereocenters. The van der Waals surface area contributed by atoms with Crippen molar-refractivity contribution < 1.29 is 14.3 Å². The molecule has 0 saturated carbocycles. The van der Waals surface area contributed by atoms with Gasteiger partial charge in [-0.15, -0.1) is 0 Å². The summed E-state index contributed by atoms with van der Waals surface area (Å²) in [5, 5.41) is 3.49. The van der Waals surface area contributed by atoms with Crippen molar-refractivity contribution in [1.82, 2.24) is 4.90 Å². The number of nitrogens with one attached hydrogen (secondary N) is 1. The molecule has 1 fully saturated rings. The second-order valence-corrected chi connectivity index (χ2v) is 5.15. The number of hydrogen-bond donors (Lipinski definition) is 1. The van der Waals surface area contributed by atoms with Crippen LogP contribution in [0.1, 0.15) is 5.56 Å². The molecule has 0 unspecified atom stereocenters. The molecule has 6 heteroatoms. The van der Waals surface area contributed by atoms with Crippen LogP contribution in [0, 0.1) is 6.92 Å². The van der Waals surface area contributed by atoms with Crippen molar-refractivity contribution in [2.24, 2.45) is 0 Å². The number of hydrogen-bond acceptors (Lipinski definition) is 4. The fraction of sp³-hybridized carbons (Fsp3) is 0.500. The zero-order valence-electron chi connectivity index (χ0n) is 11.7. The number of methoxy groups -OCH3 is 1. The number of carbonyl (C=O) groups excluding carboxylic acids is 1. The minimum Gasteiger partial charge on any atom is -0.495 e. The molecule has 110 valence electrons. The molecule has 1 saturated heterocycles. The second-order valence-electron chi connectivity index (χ2n) is 4.74. The number of morpholine rings is 1. The molecular weight excluding hydrogens is 280 g/mol. The monoisotopic (exact) mass is 298 g/mol. The summed E-state index contributed by atoms with van der Waals surface area (Å²) in [6, 6.07) is 3.53. The highest BCUT2D eigenvalue weighted by molar-refractivity contribution is 6.31. The fourth-order valence-electron chi connectivity index (χ4n) is 2.08. The number of amides is 1. The summed E-state index contributed by atoms with van der Waals surface area (Å²) in [7, 11) is 1.55. The molecule has 1 N–H and O–H groups in total. The van der Waals surface area contributed by atoms with Gasteiger partial charge in [0.1, 0.15) is 5.75 Å². The third-order valence-electron chi connectivity index (χ3n) is 3.23. The molecule has 1 aromatic carbocycles. The fourth-order valence-corrected chi connectivity index (χ4v) is 2.24. The largest absolute Gasteiger partial charge is 0.495 e. The number of benzene rings is 1. The molecule has 2 rings (SSSR count). The molecule has 0 radical (unpaired) electrons. The van der Waals surface area contributed by atoms with E-state index in [-0.39, 0.29) is 5.91 Å². The Morgan fingerprint density at radius 1 is 1.45 bits per heavy atom. The Kier molecular flexibility index (Phi) is 5.23. The van der Waals surface area contributed by atoms with Gasteiger partial charge in [0.2, 0.25) is 5.91 Å². The first-order valence-corrected chi connectivity index (χ1v) is 6.92. The summed E-state index contributed by atoms with van der Waals surface area (Å²) < 4.78 is 10.5. The maximum absolute atomic E-state index is 12.1. The van der Waals surface area contributed by atoms with E-state index in [1.165, 1.54) is 0 Å². The van der Waals surface area contributed by atoms with Crippen LogP contribution in [0.5, 0.6) is 5.75 Å². The van der Waals surface area contributed by atoms with E-state index in [0.717, 1.165) is 18.7 Å². The maximum Gasteiger partial charge on any atom is 0.238 e. The Bertz CT molecular complexity index is 488. The molecule has 20 heavy (non-hydrogen) atoms. The van der Waals surface area contributed by atoms with Crippen LogP contribution in [0.4, 0.5) is 5.69 Å². The van der Waals surface area contributed by atoms with Crippen molar-refractivity contribution in [3.8, 4) is 5.75 Å². The first kappa shape index (κ1) is 15.1. The Morgan fingerprint density at radius 3 is 2.80 bits per heavy atom. The summed E-state index contributed by atoms with van der Waals surface area (Å²) in [4.78, 5) is 14.1. The SMILES string of the molecule is COc1cc(Cl)c(C)cc1NC(=O)CN1CCOCC1. The van der Waals surface area contributed by atoms with Gasteiger partial charge in [0.05, 0.1) is 32.6 Å². The minimum atomic E-state index is -0.0630. The van der Waals surface area contributed by atoms with Gasteiger partial charge in [-0.25, -0.2) is 0 Å². The molecule has 0 spiro atoms. The van der Waals surface area contributed by atoms with Gasteiger partial charge in [0, 0.05) is 24.2 Å². The van der Waals surface area contributed by atoms with Gasteiger partial charge in [-0.05, 0) is 18.6 Å². The Balaban J connectivity index is 2.01. The number of aryl methyl sites for hydroxylation is 1. The van der Waals surface area contributed by atoms with Crippen LogP contribution < -0.4 is 10.1 Å². The van der Waals surface area contributed by atoms with Gasteiger partial charge in [-0.1, -0.05) is 11.6 Å². The van der Waals surface area contributed by atoms with Crippen LogP contribution in [0.15, 0.2) is 12.1 Å². The standard InChI is InChI=1S/C14H19ClN2O3/c1-10-7-12(13(19-2)8-11(10)15)16-14(18)9-17-3-5-20-6-4-17/h7-8H,3-6,9H2,1-2H3,(H,16,18). The third-order valence-corrected chi connectivity index (χ3v) is 3.63. The summed E-state index contributed by atoms with van der Waals surface area (Å²) in [6.45, 7) is 5.16. The number of carbonyl (C=O) groups is 1. The predicted molar refractivity (Wildman–Crippen MR) is 78.6 cm³/mol. The van der Waals surface area contributed by atoms with E-state index in [2.05, 4.69) is 10.2 Å². The molecule has 5 nitrogen and oxygen atoms in total. The topological polar surface area (TPSA) is 50.8 Å². The van der Waals surface area contributed by atoms with E-state index in [1.54, 1.807) is 13.2 Å². The number of ether oxygens (including phenoxy) is 2. The smallest absolute Gasteiger partial charge is 0.238 e. The van der Waals surface area contributed by atoms with Crippen LogP contribution in [0.3, 0.4) is 0 Å². The average molecular weight is 299 g/mol. The molecule has 0 aromatic heterocycles. The molecule has 0 bridgehead atoms. The van der Waals surface area contributed by atoms with Crippen LogP contribution >= 0.6 is 11.6 Å². The Hall–Kier alpha value is -1.30. The lowest BCUT2D eigenvalue weighted by Gasteiger charge is -2.26. The van der Waals surface area contributed by atoms with Crippen molar-refractivity contribution in [1.29, 1.82) is 0 Å². The molecule has 1 amide bonds. The Morgan fingerprint density at radius 2 is 2.15 bits per heavy atom. The molecular formula is C14H19ClN2O3. The lowest BCUT2D eigenvalue weighted by molar-refractivity contribution is -0.118. The predicted octanol–water partition coefficient (Wildman–Crippen LogP) is 1.93. The zero-order chi connectivity index (χ0) is 14.5. The molecule has 1 aliphatic heterocycles. The number of anilines is 1. The van der Waals surface area contributed by atoms with E-state index in [9.17, 15) is 4.79 Å². The van der Waals surface area contributed by atoms with Crippen molar-refractivity contribution in [3.05, 3.63) is 22.7 Å². The highest BCUT2D eigenvalue weighted by atomic mass is 35.5. The van der Waals surface area contributed by atoms with Crippen molar-refractivity contribution in [2.45, 2.75) is 6.92 Å². The van der Waals surface area contributed by atoms with Gasteiger partial charge in [-0.3, -0.25) is 9.69 Å². The number of rotatable bonds is 4. The first-order chi connectivity index (χ1) is 9.60. The number of halogens is 1. The lowest BCUT2D eigenvalue weighted by atomic mass is 10.2. The Labute approximate surface area is 123 Å². The van der Waals surface area contributed by atoms with E-state index < -0.39 is 0 Å². The van der Waals surface area contributed by atoms with Gasteiger partial charge in [0.25, 0.3) is 0 Å². The van der Waals surface area contributed by atoms with Gasteiger partial charge >= 0.3 is 0 Å². The van der Waals surface area contributed by atoms with E-state index >= 15 is 0 Å². The summed E-state index contributed by atoms with van der Waals surface area (Å²) in [5.41, 5.74) is 1.54. The average Bonchev–Trinajstić information content (AvgIpc) is 2.43. The zero-order valence-corrected chi connectivity index (χ0v) is 12.5.